The van der Waals surface area contributed by atoms with Crippen LogP contribution in [0.4, 0.5) is 0 Å². The maximum Gasteiger partial charge on any atom is 0.347 e. The number of hydrogen-bond acceptors (Lipinski definition) is 6. The van der Waals surface area contributed by atoms with Crippen LogP contribution in [0, 0.1) is 10.8 Å². The van der Waals surface area contributed by atoms with Crippen molar-refractivity contribution in [3.05, 3.63) is 29.8 Å². The van der Waals surface area contributed by atoms with Gasteiger partial charge in [-0.25, -0.2) is 18.0 Å². The Bertz CT molecular complexity index is 956. The normalized spacial score (nSPS) is 31.5. The van der Waals surface area contributed by atoms with Crippen LogP contribution in [-0.2, 0) is 24.3 Å². The molecule has 0 amide bonds. The third-order valence-corrected chi connectivity index (χ3v) is 8.07. The summed E-state index contributed by atoms with van der Waals surface area (Å²) in [6.07, 6.45) is 2.07. The molecule has 3 atom stereocenters. The number of benzene rings is 1. The Morgan fingerprint density at radius 2 is 2.00 bits per heavy atom. The average molecular weight is 422 g/mol. The summed E-state index contributed by atoms with van der Waals surface area (Å²) in [5.74, 6) is -1.29. The number of nitrogens with zero attached hydrogens (tertiary/aromatic N) is 1. The van der Waals surface area contributed by atoms with Crippen molar-refractivity contribution in [1.82, 2.24) is 4.31 Å². The molecule has 29 heavy (non-hydrogen) atoms. The average Bonchev–Trinajstić information content (AvgIpc) is 3.14. The molecule has 3 unspecified atom stereocenters. The molecule has 0 aromatic heterocycles. The van der Waals surface area contributed by atoms with Gasteiger partial charge in [0.1, 0.15) is 0 Å². The Balaban J connectivity index is 1.57. The Labute approximate surface area is 171 Å². The molecule has 3 aliphatic rings. The van der Waals surface area contributed by atoms with Crippen molar-refractivity contribution in [2.45, 2.75) is 63.5 Å². The zero-order valence-electron chi connectivity index (χ0n) is 17.0. The van der Waals surface area contributed by atoms with Crippen LogP contribution in [0.3, 0.4) is 0 Å². The molecule has 0 radical (unpaired) electrons. The van der Waals surface area contributed by atoms with E-state index in [-0.39, 0.29) is 33.9 Å². The van der Waals surface area contributed by atoms with Crippen LogP contribution < -0.4 is 0 Å². The molecule has 7 nitrogen and oxygen atoms in total. The standard InChI is InChI=1S/C21H27NO6S/c1-20(2)10-15-11-21(3,12-20)13-22(15)29(25,26)16-6-4-5-14(9-16)18(23)28-17-7-8-27-19(17)24/h4-6,9,15,17H,7-8,10-13H2,1-3H3. The fourth-order valence-electron chi connectivity index (χ4n) is 5.39. The number of fused-ring (bicyclic) bond motifs is 2. The summed E-state index contributed by atoms with van der Waals surface area (Å²) in [5.41, 5.74) is 0.182. The van der Waals surface area contributed by atoms with Gasteiger partial charge in [-0.1, -0.05) is 26.8 Å². The molecule has 0 spiro atoms. The number of ether oxygens (including phenoxy) is 2. The van der Waals surface area contributed by atoms with Gasteiger partial charge >= 0.3 is 11.9 Å². The van der Waals surface area contributed by atoms with Gasteiger partial charge < -0.3 is 9.47 Å². The van der Waals surface area contributed by atoms with E-state index in [2.05, 4.69) is 20.8 Å². The third-order valence-electron chi connectivity index (χ3n) is 6.18. The van der Waals surface area contributed by atoms with E-state index >= 15 is 0 Å². The largest absolute Gasteiger partial charge is 0.463 e. The quantitative estimate of drug-likeness (QED) is 0.695. The predicted octanol–water partition coefficient (Wildman–Crippen LogP) is 2.75. The summed E-state index contributed by atoms with van der Waals surface area (Å²) in [7, 11) is -3.74. The lowest BCUT2D eigenvalue weighted by molar-refractivity contribution is -0.145. The summed E-state index contributed by atoms with van der Waals surface area (Å²) < 4.78 is 38.4. The Kier molecular flexibility index (Phi) is 4.77. The highest BCUT2D eigenvalue weighted by Gasteiger charge is 2.53. The van der Waals surface area contributed by atoms with Crippen LogP contribution in [0.15, 0.2) is 29.2 Å². The number of cyclic esters (lactones) is 1. The van der Waals surface area contributed by atoms with E-state index in [1.165, 1.54) is 24.3 Å². The lowest BCUT2D eigenvalue weighted by Gasteiger charge is -2.39. The van der Waals surface area contributed by atoms with E-state index in [4.69, 9.17) is 9.47 Å². The molecule has 1 aromatic carbocycles. The molecule has 4 rings (SSSR count). The highest BCUT2D eigenvalue weighted by molar-refractivity contribution is 7.89. The van der Waals surface area contributed by atoms with E-state index in [1.807, 2.05) is 0 Å². The molecule has 1 aliphatic carbocycles. The molecule has 1 saturated carbocycles. The minimum Gasteiger partial charge on any atom is -0.463 e. The minimum absolute atomic E-state index is 0.0289. The molecular formula is C21H27NO6S. The van der Waals surface area contributed by atoms with Crippen LogP contribution in [0.25, 0.3) is 0 Å². The highest BCUT2D eigenvalue weighted by atomic mass is 32.2. The first-order chi connectivity index (χ1) is 13.5. The van der Waals surface area contributed by atoms with Gasteiger partial charge in [0, 0.05) is 19.0 Å². The predicted molar refractivity (Wildman–Crippen MR) is 105 cm³/mol. The maximum atomic E-state index is 13.4. The van der Waals surface area contributed by atoms with Crippen LogP contribution in [0.5, 0.6) is 0 Å². The van der Waals surface area contributed by atoms with E-state index in [1.54, 1.807) is 4.31 Å². The van der Waals surface area contributed by atoms with Gasteiger partial charge in [-0.2, -0.15) is 4.31 Å². The Morgan fingerprint density at radius 3 is 2.69 bits per heavy atom. The molecule has 1 aromatic rings. The molecule has 3 fully saturated rings. The fraction of sp³-hybridized carbons (Fsp3) is 0.619. The number of hydrogen-bond donors (Lipinski definition) is 0. The molecule has 2 saturated heterocycles. The first-order valence-corrected chi connectivity index (χ1v) is 11.4. The van der Waals surface area contributed by atoms with Gasteiger partial charge in [0.25, 0.3) is 0 Å². The summed E-state index contributed by atoms with van der Waals surface area (Å²) in [5, 5.41) is 0. The molecule has 2 bridgehead atoms. The van der Waals surface area contributed by atoms with Gasteiger partial charge in [-0.05, 0) is 48.3 Å². The Morgan fingerprint density at radius 1 is 1.24 bits per heavy atom. The summed E-state index contributed by atoms with van der Waals surface area (Å²) >= 11 is 0. The molecule has 0 N–H and O–H groups in total. The van der Waals surface area contributed by atoms with Crippen molar-refractivity contribution in [3.8, 4) is 0 Å². The minimum atomic E-state index is -3.74. The second-order valence-corrected chi connectivity index (χ2v) is 11.5. The number of sulfonamides is 1. The molecular weight excluding hydrogens is 394 g/mol. The van der Waals surface area contributed by atoms with E-state index in [0.717, 1.165) is 19.3 Å². The topological polar surface area (TPSA) is 90.0 Å². The number of rotatable bonds is 4. The molecule has 2 heterocycles. The number of carbonyl (C=O) groups excluding carboxylic acids is 2. The van der Waals surface area contributed by atoms with E-state index in [0.29, 0.717) is 13.0 Å². The van der Waals surface area contributed by atoms with Crippen molar-refractivity contribution in [2.75, 3.05) is 13.2 Å². The SMILES string of the molecule is CC1(C)CC2CC(C)(CN2S(=O)(=O)c2cccc(C(=O)OC3CCOC3=O)c2)C1. The lowest BCUT2D eigenvalue weighted by Crippen LogP contribution is -2.37. The zero-order valence-corrected chi connectivity index (χ0v) is 17.8. The van der Waals surface area contributed by atoms with Crippen LogP contribution in [0.2, 0.25) is 0 Å². The van der Waals surface area contributed by atoms with E-state index < -0.39 is 28.1 Å². The highest BCUT2D eigenvalue weighted by Crippen LogP contribution is 2.53. The fourth-order valence-corrected chi connectivity index (χ4v) is 7.21. The van der Waals surface area contributed by atoms with Crippen LogP contribution in [-0.4, -0.2) is 50.0 Å². The van der Waals surface area contributed by atoms with Crippen molar-refractivity contribution in [3.63, 3.8) is 0 Å². The third kappa shape index (κ3) is 3.80. The second kappa shape index (κ2) is 6.80. The number of carbonyl (C=O) groups is 2. The molecule has 8 heteroatoms. The van der Waals surface area contributed by atoms with Crippen molar-refractivity contribution < 1.29 is 27.5 Å². The van der Waals surface area contributed by atoms with Crippen LogP contribution in [0.1, 0.15) is 56.8 Å². The first-order valence-electron chi connectivity index (χ1n) is 9.99. The summed E-state index contributed by atoms with van der Waals surface area (Å²) in [6.45, 7) is 7.25. The van der Waals surface area contributed by atoms with Gasteiger partial charge in [0.05, 0.1) is 17.1 Å². The van der Waals surface area contributed by atoms with Gasteiger partial charge in [-0.3, -0.25) is 0 Å². The van der Waals surface area contributed by atoms with Gasteiger partial charge in [-0.15, -0.1) is 0 Å². The molecule has 158 valence electrons. The molecule has 2 aliphatic heterocycles. The van der Waals surface area contributed by atoms with Gasteiger partial charge in [0.15, 0.2) is 0 Å². The van der Waals surface area contributed by atoms with Crippen molar-refractivity contribution in [2.24, 2.45) is 10.8 Å². The second-order valence-electron chi connectivity index (χ2n) is 9.64. The number of esters is 2. The van der Waals surface area contributed by atoms with E-state index in [9.17, 15) is 18.0 Å². The lowest BCUT2D eigenvalue weighted by atomic mass is 9.65. The van der Waals surface area contributed by atoms with Crippen molar-refractivity contribution in [1.29, 1.82) is 0 Å². The Hall–Kier alpha value is -1.93. The van der Waals surface area contributed by atoms with Crippen molar-refractivity contribution >= 4 is 22.0 Å². The summed E-state index contributed by atoms with van der Waals surface area (Å²) in [4.78, 5) is 24.0. The summed E-state index contributed by atoms with van der Waals surface area (Å²) in [6, 6.07) is 5.84. The smallest absolute Gasteiger partial charge is 0.347 e. The first kappa shape index (κ1) is 20.3. The van der Waals surface area contributed by atoms with Gasteiger partial charge in [0.2, 0.25) is 16.1 Å². The monoisotopic (exact) mass is 421 g/mol. The van der Waals surface area contributed by atoms with Crippen LogP contribution >= 0.6 is 0 Å². The maximum absolute atomic E-state index is 13.4. The zero-order chi connectivity index (χ0) is 21.0.